The molecule has 16 heavy (non-hydrogen) atoms. The van der Waals surface area contributed by atoms with Gasteiger partial charge in [0.15, 0.2) is 0 Å². The molecule has 0 aromatic rings. The molecule has 1 heterocycles. The smallest absolute Gasteiger partial charge is 0.0724 e. The number of piperidine rings is 1. The predicted octanol–water partition coefficient (Wildman–Crippen LogP) is 1.63. The topological polar surface area (TPSA) is 24.5 Å². The first-order valence-corrected chi connectivity index (χ1v) is 6.77. The van der Waals surface area contributed by atoms with E-state index in [0.717, 1.165) is 12.6 Å². The van der Waals surface area contributed by atoms with Crippen LogP contribution >= 0.6 is 0 Å². The molecule has 0 radical (unpaired) electrons. The van der Waals surface area contributed by atoms with E-state index in [2.05, 4.69) is 17.3 Å². The molecule has 2 fully saturated rings. The van der Waals surface area contributed by atoms with Crippen molar-refractivity contribution in [3.05, 3.63) is 0 Å². The Morgan fingerprint density at radius 2 is 2.06 bits per heavy atom. The van der Waals surface area contributed by atoms with Crippen LogP contribution in [0.3, 0.4) is 0 Å². The maximum absolute atomic E-state index is 5.51. The van der Waals surface area contributed by atoms with Gasteiger partial charge in [-0.25, -0.2) is 0 Å². The van der Waals surface area contributed by atoms with Gasteiger partial charge < -0.3 is 15.0 Å². The summed E-state index contributed by atoms with van der Waals surface area (Å²) in [5.41, 5.74) is 0. The van der Waals surface area contributed by atoms with E-state index < -0.39 is 0 Å². The summed E-state index contributed by atoms with van der Waals surface area (Å²) in [4.78, 5) is 2.51. The molecule has 0 spiro atoms. The third kappa shape index (κ3) is 2.96. The van der Waals surface area contributed by atoms with E-state index in [-0.39, 0.29) is 0 Å². The molecule has 0 bridgehead atoms. The molecule has 3 heteroatoms. The summed E-state index contributed by atoms with van der Waals surface area (Å²) in [5.74, 6) is 0. The van der Waals surface area contributed by atoms with Gasteiger partial charge in [0, 0.05) is 25.7 Å². The molecule has 1 saturated carbocycles. The van der Waals surface area contributed by atoms with Gasteiger partial charge in [0.1, 0.15) is 0 Å². The number of likely N-dealkylation sites (N-methyl/N-ethyl adjacent to an activating group) is 1. The van der Waals surface area contributed by atoms with Gasteiger partial charge >= 0.3 is 0 Å². The predicted molar refractivity (Wildman–Crippen MR) is 66.7 cm³/mol. The standard InChI is InChI=1S/C13H26N2O/c1-15-9-4-3-6-11(15)10-14-12-7-5-8-13(12)16-2/h11-14H,3-10H2,1-2H3. The monoisotopic (exact) mass is 226 g/mol. The van der Waals surface area contributed by atoms with Crippen molar-refractivity contribution in [3.8, 4) is 0 Å². The summed E-state index contributed by atoms with van der Waals surface area (Å²) in [5, 5.41) is 3.72. The zero-order valence-corrected chi connectivity index (χ0v) is 10.7. The highest BCUT2D eigenvalue weighted by atomic mass is 16.5. The number of hydrogen-bond donors (Lipinski definition) is 1. The Morgan fingerprint density at radius 3 is 2.81 bits per heavy atom. The fourth-order valence-electron chi connectivity index (χ4n) is 3.13. The number of methoxy groups -OCH3 is 1. The van der Waals surface area contributed by atoms with Gasteiger partial charge in [0.05, 0.1) is 6.10 Å². The Bertz CT molecular complexity index is 208. The van der Waals surface area contributed by atoms with Crippen LogP contribution in [0.1, 0.15) is 38.5 Å². The van der Waals surface area contributed by atoms with Crippen LogP contribution in [0.15, 0.2) is 0 Å². The molecule has 1 N–H and O–H groups in total. The van der Waals surface area contributed by atoms with Crippen LogP contribution in [0.4, 0.5) is 0 Å². The highest BCUT2D eigenvalue weighted by molar-refractivity contribution is 4.86. The van der Waals surface area contributed by atoms with E-state index in [1.165, 1.54) is 45.1 Å². The average Bonchev–Trinajstić information content (AvgIpc) is 2.75. The molecule has 3 unspecified atom stereocenters. The fourth-order valence-corrected chi connectivity index (χ4v) is 3.13. The quantitative estimate of drug-likeness (QED) is 0.788. The van der Waals surface area contributed by atoms with Crippen molar-refractivity contribution in [3.63, 3.8) is 0 Å². The SMILES string of the molecule is COC1CCCC1NCC1CCCCN1C. The zero-order chi connectivity index (χ0) is 11.4. The van der Waals surface area contributed by atoms with E-state index in [9.17, 15) is 0 Å². The fraction of sp³-hybridized carbons (Fsp3) is 1.00. The Balaban J connectivity index is 1.73. The molecular weight excluding hydrogens is 200 g/mol. The van der Waals surface area contributed by atoms with Crippen molar-refractivity contribution in [2.24, 2.45) is 0 Å². The van der Waals surface area contributed by atoms with E-state index in [1.807, 2.05) is 7.11 Å². The maximum Gasteiger partial charge on any atom is 0.0724 e. The van der Waals surface area contributed by atoms with Crippen molar-refractivity contribution in [1.82, 2.24) is 10.2 Å². The van der Waals surface area contributed by atoms with Gasteiger partial charge in [-0.1, -0.05) is 6.42 Å². The molecule has 1 aliphatic heterocycles. The van der Waals surface area contributed by atoms with E-state index in [0.29, 0.717) is 12.1 Å². The second-order valence-corrected chi connectivity index (χ2v) is 5.35. The van der Waals surface area contributed by atoms with Crippen molar-refractivity contribution in [2.75, 3.05) is 27.2 Å². The summed E-state index contributed by atoms with van der Waals surface area (Å²) >= 11 is 0. The summed E-state index contributed by atoms with van der Waals surface area (Å²) < 4.78 is 5.51. The Morgan fingerprint density at radius 1 is 1.19 bits per heavy atom. The third-order valence-corrected chi connectivity index (χ3v) is 4.29. The molecular formula is C13H26N2O. The lowest BCUT2D eigenvalue weighted by molar-refractivity contribution is 0.0801. The number of rotatable bonds is 4. The second-order valence-electron chi connectivity index (χ2n) is 5.35. The molecule has 3 nitrogen and oxygen atoms in total. The normalized spacial score (nSPS) is 36.8. The Hall–Kier alpha value is -0.120. The average molecular weight is 226 g/mol. The molecule has 0 aromatic carbocycles. The summed E-state index contributed by atoms with van der Waals surface area (Å²) in [6, 6.07) is 1.34. The van der Waals surface area contributed by atoms with Crippen molar-refractivity contribution >= 4 is 0 Å². The lowest BCUT2D eigenvalue weighted by Gasteiger charge is -2.34. The largest absolute Gasteiger partial charge is 0.380 e. The van der Waals surface area contributed by atoms with E-state index in [1.54, 1.807) is 0 Å². The van der Waals surface area contributed by atoms with Crippen LogP contribution in [-0.2, 0) is 4.74 Å². The van der Waals surface area contributed by atoms with Crippen LogP contribution < -0.4 is 5.32 Å². The molecule has 3 atom stereocenters. The van der Waals surface area contributed by atoms with Gasteiger partial charge in [-0.3, -0.25) is 0 Å². The van der Waals surface area contributed by atoms with Crippen LogP contribution in [0.25, 0.3) is 0 Å². The lowest BCUT2D eigenvalue weighted by Crippen LogP contribution is -2.47. The first kappa shape index (κ1) is 12.3. The molecule has 2 rings (SSSR count). The van der Waals surface area contributed by atoms with E-state index >= 15 is 0 Å². The number of nitrogens with one attached hydrogen (secondary N) is 1. The van der Waals surface area contributed by atoms with Gasteiger partial charge in [-0.05, 0) is 45.7 Å². The van der Waals surface area contributed by atoms with Crippen LogP contribution in [0, 0.1) is 0 Å². The van der Waals surface area contributed by atoms with Crippen molar-refractivity contribution in [1.29, 1.82) is 0 Å². The Labute approximate surface area is 99.5 Å². The zero-order valence-electron chi connectivity index (χ0n) is 10.7. The first-order valence-electron chi connectivity index (χ1n) is 6.77. The van der Waals surface area contributed by atoms with Gasteiger partial charge in [-0.15, -0.1) is 0 Å². The van der Waals surface area contributed by atoms with Crippen LogP contribution in [0.2, 0.25) is 0 Å². The van der Waals surface area contributed by atoms with E-state index in [4.69, 9.17) is 4.74 Å². The lowest BCUT2D eigenvalue weighted by atomic mass is 10.0. The third-order valence-electron chi connectivity index (χ3n) is 4.29. The minimum atomic E-state index is 0.453. The maximum atomic E-state index is 5.51. The van der Waals surface area contributed by atoms with Gasteiger partial charge in [0.25, 0.3) is 0 Å². The van der Waals surface area contributed by atoms with Crippen molar-refractivity contribution in [2.45, 2.75) is 56.7 Å². The highest BCUT2D eigenvalue weighted by Crippen LogP contribution is 2.22. The summed E-state index contributed by atoms with van der Waals surface area (Å²) in [7, 11) is 4.10. The minimum absolute atomic E-state index is 0.453. The van der Waals surface area contributed by atoms with Crippen LogP contribution in [-0.4, -0.2) is 50.3 Å². The van der Waals surface area contributed by atoms with Gasteiger partial charge in [0.2, 0.25) is 0 Å². The highest BCUT2D eigenvalue weighted by Gasteiger charge is 2.28. The Kier molecular flexibility index (Phi) is 4.62. The molecule has 1 aliphatic carbocycles. The molecule has 2 aliphatic rings. The first-order chi connectivity index (χ1) is 7.81. The number of ether oxygens (including phenoxy) is 1. The number of likely N-dealkylation sites (tertiary alicyclic amines) is 1. The number of hydrogen-bond acceptors (Lipinski definition) is 3. The van der Waals surface area contributed by atoms with Gasteiger partial charge in [-0.2, -0.15) is 0 Å². The number of nitrogens with zero attached hydrogens (tertiary/aromatic N) is 1. The molecule has 0 amide bonds. The molecule has 1 saturated heterocycles. The molecule has 0 aromatic heterocycles. The second kappa shape index (κ2) is 5.99. The van der Waals surface area contributed by atoms with Crippen LogP contribution in [0.5, 0.6) is 0 Å². The summed E-state index contributed by atoms with van der Waals surface area (Å²) in [6.07, 6.45) is 8.41. The van der Waals surface area contributed by atoms with Crippen molar-refractivity contribution < 1.29 is 4.74 Å². The summed E-state index contributed by atoms with van der Waals surface area (Å²) in [6.45, 7) is 2.41. The minimum Gasteiger partial charge on any atom is -0.380 e. The molecule has 94 valence electrons.